The molecular formula is C21H23NO2. The number of benzene rings is 2. The summed E-state index contributed by atoms with van der Waals surface area (Å²) in [7, 11) is 0. The third kappa shape index (κ3) is 2.69. The summed E-state index contributed by atoms with van der Waals surface area (Å²) in [6, 6.07) is 15.2. The molecule has 0 spiro atoms. The maximum absolute atomic E-state index is 6.10. The third-order valence-corrected chi connectivity index (χ3v) is 4.98. The van der Waals surface area contributed by atoms with Gasteiger partial charge in [0.15, 0.2) is 0 Å². The van der Waals surface area contributed by atoms with Crippen LogP contribution in [-0.4, -0.2) is 13.2 Å². The second-order valence-electron chi connectivity index (χ2n) is 6.63. The molecule has 0 bridgehead atoms. The topological polar surface area (TPSA) is 30.5 Å². The van der Waals surface area contributed by atoms with Gasteiger partial charge in [-0.1, -0.05) is 42.5 Å². The maximum Gasteiger partial charge on any atom is 0.120 e. The Morgan fingerprint density at radius 3 is 3.08 bits per heavy atom. The molecule has 1 fully saturated rings. The van der Waals surface area contributed by atoms with E-state index in [4.69, 9.17) is 9.47 Å². The molecule has 0 aromatic heterocycles. The summed E-state index contributed by atoms with van der Waals surface area (Å²) in [6.07, 6.45) is 3.03. The van der Waals surface area contributed by atoms with Crippen LogP contribution in [0.5, 0.6) is 5.75 Å². The van der Waals surface area contributed by atoms with Crippen molar-refractivity contribution in [3.05, 3.63) is 71.8 Å². The van der Waals surface area contributed by atoms with Crippen molar-refractivity contribution in [2.45, 2.75) is 25.5 Å². The van der Waals surface area contributed by atoms with E-state index >= 15 is 0 Å². The molecule has 0 saturated carbocycles. The fourth-order valence-electron chi connectivity index (χ4n) is 3.87. The molecule has 3 heteroatoms. The second kappa shape index (κ2) is 6.33. The molecule has 0 aliphatic carbocycles. The lowest BCUT2D eigenvalue weighted by atomic mass is 9.80. The molecule has 4 rings (SSSR count). The van der Waals surface area contributed by atoms with Gasteiger partial charge in [0.1, 0.15) is 12.4 Å². The molecule has 2 heterocycles. The van der Waals surface area contributed by atoms with Crippen molar-refractivity contribution in [2.24, 2.45) is 5.92 Å². The number of nitrogens with one attached hydrogen (secondary N) is 1. The molecular weight excluding hydrogens is 298 g/mol. The van der Waals surface area contributed by atoms with Crippen LogP contribution in [0.3, 0.4) is 0 Å². The van der Waals surface area contributed by atoms with Crippen molar-refractivity contribution in [2.75, 3.05) is 18.5 Å². The zero-order chi connectivity index (χ0) is 16.5. The molecule has 3 atom stereocenters. The van der Waals surface area contributed by atoms with Crippen LogP contribution in [0.4, 0.5) is 5.69 Å². The fourth-order valence-corrected chi connectivity index (χ4v) is 3.87. The molecule has 0 radical (unpaired) electrons. The third-order valence-electron chi connectivity index (χ3n) is 4.98. The Bertz CT molecular complexity index is 755. The van der Waals surface area contributed by atoms with Gasteiger partial charge in [0.25, 0.3) is 0 Å². The van der Waals surface area contributed by atoms with Crippen LogP contribution >= 0.6 is 0 Å². The number of hydrogen-bond acceptors (Lipinski definition) is 3. The first-order valence-corrected chi connectivity index (χ1v) is 8.58. The van der Waals surface area contributed by atoms with Gasteiger partial charge < -0.3 is 14.8 Å². The lowest BCUT2D eigenvalue weighted by molar-refractivity contribution is 0.0828. The Kier molecular flexibility index (Phi) is 4.03. The SMILES string of the molecule is C=CCOc1cccc(C2Nc3ccc(C)cc3[C@H]3OCC[C@@H]23)c1. The van der Waals surface area contributed by atoms with E-state index in [9.17, 15) is 0 Å². The normalized spacial score (nSPS) is 24.6. The molecule has 3 nitrogen and oxygen atoms in total. The van der Waals surface area contributed by atoms with Gasteiger partial charge in [-0.3, -0.25) is 0 Å². The van der Waals surface area contributed by atoms with Crippen molar-refractivity contribution in [3.63, 3.8) is 0 Å². The van der Waals surface area contributed by atoms with E-state index in [0.717, 1.165) is 18.8 Å². The van der Waals surface area contributed by atoms with Gasteiger partial charge in [-0.25, -0.2) is 0 Å². The predicted octanol–water partition coefficient (Wildman–Crippen LogP) is 4.80. The summed E-state index contributed by atoms with van der Waals surface area (Å²) in [5.74, 6) is 1.34. The summed E-state index contributed by atoms with van der Waals surface area (Å²) in [5, 5.41) is 3.74. The minimum Gasteiger partial charge on any atom is -0.490 e. The molecule has 24 heavy (non-hydrogen) atoms. The first-order chi connectivity index (χ1) is 11.8. The molecule has 0 amide bonds. The highest BCUT2D eigenvalue weighted by Crippen LogP contribution is 2.50. The summed E-state index contributed by atoms with van der Waals surface area (Å²) < 4.78 is 11.8. The Morgan fingerprint density at radius 1 is 1.29 bits per heavy atom. The van der Waals surface area contributed by atoms with Crippen molar-refractivity contribution < 1.29 is 9.47 Å². The molecule has 1 unspecified atom stereocenters. The molecule has 2 aliphatic rings. The van der Waals surface area contributed by atoms with Crippen LogP contribution in [0.15, 0.2) is 55.1 Å². The number of rotatable bonds is 4. The van der Waals surface area contributed by atoms with E-state index in [1.807, 2.05) is 6.07 Å². The zero-order valence-corrected chi connectivity index (χ0v) is 14.0. The van der Waals surface area contributed by atoms with E-state index in [2.05, 4.69) is 55.2 Å². The van der Waals surface area contributed by atoms with Crippen molar-refractivity contribution in [1.82, 2.24) is 0 Å². The van der Waals surface area contributed by atoms with E-state index in [1.165, 1.54) is 22.4 Å². The summed E-state index contributed by atoms with van der Waals surface area (Å²) >= 11 is 0. The van der Waals surface area contributed by atoms with E-state index in [1.54, 1.807) is 6.08 Å². The van der Waals surface area contributed by atoms with Gasteiger partial charge in [0.2, 0.25) is 0 Å². The van der Waals surface area contributed by atoms with E-state index in [0.29, 0.717) is 12.5 Å². The van der Waals surface area contributed by atoms with Crippen LogP contribution in [0, 0.1) is 12.8 Å². The minimum atomic E-state index is 0.184. The van der Waals surface area contributed by atoms with Crippen LogP contribution in [0.25, 0.3) is 0 Å². The quantitative estimate of drug-likeness (QED) is 0.820. The summed E-state index contributed by atoms with van der Waals surface area (Å²) in [6.45, 7) is 7.20. The fraction of sp³-hybridized carbons (Fsp3) is 0.333. The van der Waals surface area contributed by atoms with Crippen molar-refractivity contribution >= 4 is 5.69 Å². The molecule has 2 aromatic carbocycles. The standard InChI is InChI=1S/C21H23NO2/c1-3-10-23-16-6-4-5-15(13-16)20-17-9-11-24-21(17)18-12-14(2)7-8-19(18)22-20/h3-8,12-13,17,20-22H,1,9-11H2,2H3/t17-,20?,21-/m0/s1. The monoisotopic (exact) mass is 321 g/mol. The van der Waals surface area contributed by atoms with Gasteiger partial charge in [-0.15, -0.1) is 0 Å². The smallest absolute Gasteiger partial charge is 0.120 e. The maximum atomic E-state index is 6.10. The number of aryl methyl sites for hydroxylation is 1. The summed E-state index contributed by atoms with van der Waals surface area (Å²) in [4.78, 5) is 0. The zero-order valence-electron chi connectivity index (χ0n) is 14.0. The number of anilines is 1. The molecule has 1 N–H and O–H groups in total. The second-order valence-corrected chi connectivity index (χ2v) is 6.63. The Morgan fingerprint density at radius 2 is 2.21 bits per heavy atom. The van der Waals surface area contributed by atoms with Gasteiger partial charge in [-0.05, 0) is 37.1 Å². The van der Waals surface area contributed by atoms with Gasteiger partial charge in [0, 0.05) is 23.8 Å². The number of hydrogen-bond donors (Lipinski definition) is 1. The van der Waals surface area contributed by atoms with E-state index in [-0.39, 0.29) is 12.1 Å². The molecule has 124 valence electrons. The van der Waals surface area contributed by atoms with Crippen LogP contribution in [0.2, 0.25) is 0 Å². The van der Waals surface area contributed by atoms with Crippen LogP contribution in [0.1, 0.15) is 35.3 Å². The predicted molar refractivity (Wildman–Crippen MR) is 96.5 cm³/mol. The Balaban J connectivity index is 1.69. The van der Waals surface area contributed by atoms with Gasteiger partial charge in [0.05, 0.1) is 12.1 Å². The van der Waals surface area contributed by atoms with Crippen molar-refractivity contribution in [1.29, 1.82) is 0 Å². The highest BCUT2D eigenvalue weighted by atomic mass is 16.5. The molecule has 1 saturated heterocycles. The van der Waals surface area contributed by atoms with Gasteiger partial charge in [-0.2, -0.15) is 0 Å². The Hall–Kier alpha value is -2.26. The largest absolute Gasteiger partial charge is 0.490 e. The number of fused-ring (bicyclic) bond motifs is 3. The molecule has 2 aromatic rings. The summed E-state index contributed by atoms with van der Waals surface area (Å²) in [5.41, 5.74) is 5.02. The first kappa shape index (κ1) is 15.3. The van der Waals surface area contributed by atoms with Crippen LogP contribution < -0.4 is 10.1 Å². The lowest BCUT2D eigenvalue weighted by Crippen LogP contribution is -2.29. The lowest BCUT2D eigenvalue weighted by Gasteiger charge is -2.36. The van der Waals surface area contributed by atoms with E-state index < -0.39 is 0 Å². The molecule has 2 aliphatic heterocycles. The highest BCUT2D eigenvalue weighted by Gasteiger charge is 2.41. The van der Waals surface area contributed by atoms with Gasteiger partial charge >= 0.3 is 0 Å². The first-order valence-electron chi connectivity index (χ1n) is 8.58. The number of ether oxygens (including phenoxy) is 2. The average Bonchev–Trinajstić information content (AvgIpc) is 3.09. The highest BCUT2D eigenvalue weighted by molar-refractivity contribution is 5.58. The average molecular weight is 321 g/mol. The Labute approximate surface area is 143 Å². The van der Waals surface area contributed by atoms with Crippen molar-refractivity contribution in [3.8, 4) is 5.75 Å². The van der Waals surface area contributed by atoms with Crippen LogP contribution in [-0.2, 0) is 4.74 Å². The minimum absolute atomic E-state index is 0.184.